The molecule has 0 aliphatic carbocycles. The predicted octanol–water partition coefficient (Wildman–Crippen LogP) is 2.18. The lowest BCUT2D eigenvalue weighted by atomic mass is 10.2. The van der Waals surface area contributed by atoms with Crippen LogP contribution in [-0.4, -0.2) is 21.6 Å². The van der Waals surface area contributed by atoms with Crippen LogP contribution in [0.5, 0.6) is 0 Å². The summed E-state index contributed by atoms with van der Waals surface area (Å²) in [4.78, 5) is 22.9. The van der Waals surface area contributed by atoms with Crippen molar-refractivity contribution >= 4 is 23.2 Å². The standard InChI is InChI=1S/C15H18N4O2/c1-11-9-16-19(10-11)7-6-15(21)18-14-5-3-4-13(8-14)17-12(2)20/h3-5,8-10H,6-7H2,1-2H3,(H,17,20)(H,18,21). The smallest absolute Gasteiger partial charge is 0.226 e. The van der Waals surface area contributed by atoms with Gasteiger partial charge >= 0.3 is 0 Å². The van der Waals surface area contributed by atoms with Gasteiger partial charge in [0.1, 0.15) is 0 Å². The summed E-state index contributed by atoms with van der Waals surface area (Å²) in [5.74, 6) is -0.240. The van der Waals surface area contributed by atoms with Crippen LogP contribution in [-0.2, 0) is 16.1 Å². The molecule has 0 aliphatic heterocycles. The van der Waals surface area contributed by atoms with Crippen LogP contribution in [0.3, 0.4) is 0 Å². The summed E-state index contributed by atoms with van der Waals surface area (Å²) < 4.78 is 1.74. The molecule has 0 aliphatic rings. The van der Waals surface area contributed by atoms with Gasteiger partial charge < -0.3 is 10.6 Å². The summed E-state index contributed by atoms with van der Waals surface area (Å²) >= 11 is 0. The predicted molar refractivity (Wildman–Crippen MR) is 81.0 cm³/mol. The molecule has 21 heavy (non-hydrogen) atoms. The van der Waals surface area contributed by atoms with Gasteiger partial charge in [0, 0.05) is 37.5 Å². The number of carbonyl (C=O) groups excluding carboxylic acids is 2. The van der Waals surface area contributed by atoms with Crippen LogP contribution in [0.25, 0.3) is 0 Å². The Kier molecular flexibility index (Phi) is 4.71. The van der Waals surface area contributed by atoms with Gasteiger partial charge in [0.05, 0.1) is 6.20 Å². The number of nitrogens with zero attached hydrogens (tertiary/aromatic N) is 2. The Morgan fingerprint density at radius 3 is 2.57 bits per heavy atom. The molecule has 0 unspecified atom stereocenters. The minimum atomic E-state index is -0.146. The number of amides is 2. The molecular formula is C15H18N4O2. The maximum Gasteiger partial charge on any atom is 0.226 e. The third-order valence-corrected chi connectivity index (χ3v) is 2.80. The van der Waals surface area contributed by atoms with Crippen molar-refractivity contribution < 1.29 is 9.59 Å². The van der Waals surface area contributed by atoms with Gasteiger partial charge in [0.25, 0.3) is 0 Å². The second-order valence-corrected chi connectivity index (χ2v) is 4.84. The molecule has 2 rings (SSSR count). The first kappa shape index (κ1) is 14.8. The van der Waals surface area contributed by atoms with Crippen LogP contribution in [0, 0.1) is 6.92 Å². The first-order valence-corrected chi connectivity index (χ1v) is 6.69. The fourth-order valence-corrected chi connectivity index (χ4v) is 1.91. The molecule has 0 saturated heterocycles. The maximum atomic E-state index is 11.9. The van der Waals surface area contributed by atoms with Crippen LogP contribution < -0.4 is 10.6 Å². The average molecular weight is 286 g/mol. The van der Waals surface area contributed by atoms with E-state index >= 15 is 0 Å². The summed E-state index contributed by atoms with van der Waals surface area (Å²) in [6, 6.07) is 7.04. The van der Waals surface area contributed by atoms with E-state index in [2.05, 4.69) is 15.7 Å². The molecule has 2 amide bonds. The minimum Gasteiger partial charge on any atom is -0.326 e. The topological polar surface area (TPSA) is 76.0 Å². The molecule has 1 aromatic carbocycles. The molecule has 0 fully saturated rings. The van der Waals surface area contributed by atoms with Gasteiger partial charge in [-0.3, -0.25) is 14.3 Å². The van der Waals surface area contributed by atoms with Gasteiger partial charge in [-0.25, -0.2) is 0 Å². The number of aryl methyl sites for hydroxylation is 2. The Bertz CT molecular complexity index is 649. The Hall–Kier alpha value is -2.63. The van der Waals surface area contributed by atoms with Crippen molar-refractivity contribution in [3.05, 3.63) is 42.2 Å². The summed E-state index contributed by atoms with van der Waals surface area (Å²) in [5.41, 5.74) is 2.38. The Morgan fingerprint density at radius 1 is 1.24 bits per heavy atom. The van der Waals surface area contributed by atoms with Crippen LogP contribution >= 0.6 is 0 Å². The molecule has 0 radical (unpaired) electrons. The van der Waals surface area contributed by atoms with Gasteiger partial charge in [-0.2, -0.15) is 5.10 Å². The number of aromatic nitrogens is 2. The van der Waals surface area contributed by atoms with E-state index in [0.29, 0.717) is 24.3 Å². The van der Waals surface area contributed by atoms with Gasteiger partial charge in [-0.15, -0.1) is 0 Å². The highest BCUT2D eigenvalue weighted by molar-refractivity contribution is 5.93. The molecule has 0 spiro atoms. The van der Waals surface area contributed by atoms with E-state index < -0.39 is 0 Å². The van der Waals surface area contributed by atoms with Gasteiger partial charge in [-0.1, -0.05) is 6.07 Å². The van der Waals surface area contributed by atoms with E-state index in [1.807, 2.05) is 13.1 Å². The largest absolute Gasteiger partial charge is 0.326 e. The van der Waals surface area contributed by atoms with E-state index in [0.717, 1.165) is 5.56 Å². The number of hydrogen-bond acceptors (Lipinski definition) is 3. The Morgan fingerprint density at radius 2 is 1.95 bits per heavy atom. The van der Waals surface area contributed by atoms with E-state index in [1.165, 1.54) is 6.92 Å². The molecule has 1 aromatic heterocycles. The van der Waals surface area contributed by atoms with Gasteiger partial charge in [0.15, 0.2) is 0 Å². The molecular weight excluding hydrogens is 268 g/mol. The first-order valence-electron chi connectivity index (χ1n) is 6.69. The van der Waals surface area contributed by atoms with Crippen LogP contribution in [0.15, 0.2) is 36.7 Å². The van der Waals surface area contributed by atoms with E-state index in [-0.39, 0.29) is 11.8 Å². The molecule has 6 heteroatoms. The highest BCUT2D eigenvalue weighted by Gasteiger charge is 2.04. The lowest BCUT2D eigenvalue weighted by Gasteiger charge is -2.08. The zero-order valence-corrected chi connectivity index (χ0v) is 12.1. The van der Waals surface area contributed by atoms with Crippen molar-refractivity contribution in [1.82, 2.24) is 9.78 Å². The quantitative estimate of drug-likeness (QED) is 0.884. The maximum absolute atomic E-state index is 11.9. The summed E-state index contributed by atoms with van der Waals surface area (Å²) in [5, 5.41) is 9.61. The number of hydrogen-bond donors (Lipinski definition) is 2. The highest BCUT2D eigenvalue weighted by atomic mass is 16.2. The zero-order chi connectivity index (χ0) is 15.2. The summed E-state index contributed by atoms with van der Waals surface area (Å²) in [6.45, 7) is 3.93. The van der Waals surface area contributed by atoms with Crippen LogP contribution in [0.1, 0.15) is 18.9 Å². The molecule has 2 N–H and O–H groups in total. The number of nitrogens with one attached hydrogen (secondary N) is 2. The molecule has 0 atom stereocenters. The molecule has 0 bridgehead atoms. The molecule has 110 valence electrons. The van der Waals surface area contributed by atoms with E-state index in [9.17, 15) is 9.59 Å². The number of carbonyl (C=O) groups is 2. The van der Waals surface area contributed by atoms with E-state index in [4.69, 9.17) is 0 Å². The van der Waals surface area contributed by atoms with Crippen LogP contribution in [0.4, 0.5) is 11.4 Å². The lowest BCUT2D eigenvalue weighted by molar-refractivity contribution is -0.116. The third kappa shape index (κ3) is 4.76. The SMILES string of the molecule is CC(=O)Nc1cccc(NC(=O)CCn2cc(C)cn2)c1. The normalized spacial score (nSPS) is 10.2. The second-order valence-electron chi connectivity index (χ2n) is 4.84. The fraction of sp³-hybridized carbons (Fsp3) is 0.267. The van der Waals surface area contributed by atoms with Crippen molar-refractivity contribution in [2.24, 2.45) is 0 Å². The summed E-state index contributed by atoms with van der Waals surface area (Å²) in [6.07, 6.45) is 3.99. The molecule has 2 aromatic rings. The number of rotatable bonds is 5. The Balaban J connectivity index is 1.88. The molecule has 1 heterocycles. The second kappa shape index (κ2) is 6.69. The van der Waals surface area contributed by atoms with Crippen molar-refractivity contribution in [2.45, 2.75) is 26.8 Å². The molecule has 6 nitrogen and oxygen atoms in total. The van der Waals surface area contributed by atoms with Crippen LogP contribution in [0.2, 0.25) is 0 Å². The summed E-state index contributed by atoms with van der Waals surface area (Å²) in [7, 11) is 0. The van der Waals surface area contributed by atoms with Gasteiger partial charge in [-0.05, 0) is 30.7 Å². The van der Waals surface area contributed by atoms with Crippen molar-refractivity contribution in [1.29, 1.82) is 0 Å². The molecule has 0 saturated carbocycles. The first-order chi connectivity index (χ1) is 10.0. The van der Waals surface area contributed by atoms with Crippen molar-refractivity contribution in [3.63, 3.8) is 0 Å². The van der Waals surface area contributed by atoms with E-state index in [1.54, 1.807) is 35.1 Å². The lowest BCUT2D eigenvalue weighted by Crippen LogP contribution is -2.15. The third-order valence-electron chi connectivity index (χ3n) is 2.80. The average Bonchev–Trinajstić information content (AvgIpc) is 2.82. The monoisotopic (exact) mass is 286 g/mol. The fourth-order valence-electron chi connectivity index (χ4n) is 1.91. The zero-order valence-electron chi connectivity index (χ0n) is 12.1. The van der Waals surface area contributed by atoms with Gasteiger partial charge in [0.2, 0.25) is 11.8 Å². The minimum absolute atomic E-state index is 0.0943. The number of benzene rings is 1. The van der Waals surface area contributed by atoms with Crippen molar-refractivity contribution in [3.8, 4) is 0 Å². The number of anilines is 2. The highest BCUT2D eigenvalue weighted by Crippen LogP contribution is 2.15. The Labute approximate surface area is 123 Å². The van der Waals surface area contributed by atoms with Crippen molar-refractivity contribution in [2.75, 3.05) is 10.6 Å².